The Morgan fingerprint density at radius 2 is 1.91 bits per heavy atom. The van der Waals surface area contributed by atoms with Crippen molar-refractivity contribution in [3.8, 4) is 0 Å². The van der Waals surface area contributed by atoms with Crippen LogP contribution in [0.2, 0.25) is 5.02 Å². The van der Waals surface area contributed by atoms with E-state index in [0.717, 1.165) is 16.4 Å². The zero-order chi connectivity index (χ0) is 16.5. The molecule has 0 bridgehead atoms. The average molecular weight is 348 g/mol. The third-order valence-corrected chi connectivity index (χ3v) is 5.75. The molecular formula is C12H12ClN2O6S-. The first-order valence-electron chi connectivity index (χ1n) is 6.38. The van der Waals surface area contributed by atoms with Crippen LogP contribution in [0.1, 0.15) is 12.8 Å². The van der Waals surface area contributed by atoms with E-state index in [-0.39, 0.29) is 35.8 Å². The largest absolute Gasteiger partial charge is 0.550 e. The van der Waals surface area contributed by atoms with Crippen LogP contribution in [0, 0.1) is 16.0 Å². The highest BCUT2D eigenvalue weighted by molar-refractivity contribution is 7.89. The van der Waals surface area contributed by atoms with Gasteiger partial charge in [-0.2, -0.15) is 4.31 Å². The van der Waals surface area contributed by atoms with Crippen molar-refractivity contribution >= 4 is 33.3 Å². The number of piperidine rings is 1. The van der Waals surface area contributed by atoms with Crippen molar-refractivity contribution in [2.75, 3.05) is 13.1 Å². The van der Waals surface area contributed by atoms with Crippen LogP contribution in [0.25, 0.3) is 0 Å². The first kappa shape index (κ1) is 16.7. The number of carboxylic acid groups (broad SMARTS) is 1. The lowest BCUT2D eigenvalue weighted by molar-refractivity contribution is -0.384. The highest BCUT2D eigenvalue weighted by Crippen LogP contribution is 2.30. The van der Waals surface area contributed by atoms with Gasteiger partial charge in [-0.05, 0) is 25.0 Å². The standard InChI is InChI=1S/C12H13ClN2O6S/c13-10-2-1-9(7-11(10)15(18)19)22(20,21)14-5-3-8(4-6-14)12(16)17/h1-2,7-8H,3-6H2,(H,16,17)/p-1. The molecule has 1 aliphatic rings. The summed E-state index contributed by atoms with van der Waals surface area (Å²) in [5, 5.41) is 21.5. The molecule has 0 saturated carbocycles. The van der Waals surface area contributed by atoms with E-state index in [1.165, 1.54) is 6.07 Å². The summed E-state index contributed by atoms with van der Waals surface area (Å²) in [4.78, 5) is 20.6. The Hall–Kier alpha value is -1.71. The molecule has 0 aromatic heterocycles. The molecule has 1 fully saturated rings. The van der Waals surface area contributed by atoms with E-state index in [2.05, 4.69) is 0 Å². The summed E-state index contributed by atoms with van der Waals surface area (Å²) in [5.74, 6) is -1.87. The molecule has 1 aromatic rings. The number of aliphatic carboxylic acids is 1. The van der Waals surface area contributed by atoms with Gasteiger partial charge in [-0.3, -0.25) is 10.1 Å². The summed E-state index contributed by atoms with van der Waals surface area (Å²) < 4.78 is 26.0. The molecule has 0 unspecified atom stereocenters. The van der Waals surface area contributed by atoms with Gasteiger partial charge in [-0.1, -0.05) is 11.6 Å². The molecule has 120 valence electrons. The Morgan fingerprint density at radius 1 is 1.32 bits per heavy atom. The smallest absolute Gasteiger partial charge is 0.289 e. The van der Waals surface area contributed by atoms with E-state index in [1.807, 2.05) is 0 Å². The second-order valence-electron chi connectivity index (χ2n) is 4.87. The van der Waals surface area contributed by atoms with Gasteiger partial charge in [0, 0.05) is 31.0 Å². The number of nitro benzene ring substituents is 1. The lowest BCUT2D eigenvalue weighted by Gasteiger charge is -2.31. The Balaban J connectivity index is 2.26. The number of rotatable bonds is 4. The van der Waals surface area contributed by atoms with Crippen LogP contribution < -0.4 is 5.11 Å². The van der Waals surface area contributed by atoms with Gasteiger partial charge in [0.05, 0.1) is 9.82 Å². The van der Waals surface area contributed by atoms with Crippen molar-refractivity contribution < 1.29 is 23.2 Å². The first-order valence-corrected chi connectivity index (χ1v) is 8.20. The molecule has 0 N–H and O–H groups in total. The number of nitrogens with zero attached hydrogens (tertiary/aromatic N) is 2. The van der Waals surface area contributed by atoms with Crippen LogP contribution in [0.5, 0.6) is 0 Å². The number of sulfonamides is 1. The normalized spacial score (nSPS) is 17.3. The SMILES string of the molecule is O=C([O-])C1CCN(S(=O)(=O)c2ccc(Cl)c([N+](=O)[O-])c2)CC1. The molecule has 0 amide bonds. The summed E-state index contributed by atoms with van der Waals surface area (Å²) in [6, 6.07) is 3.25. The third kappa shape index (κ3) is 3.21. The Bertz CT molecular complexity index is 712. The lowest BCUT2D eigenvalue weighted by atomic mass is 9.99. The van der Waals surface area contributed by atoms with E-state index in [0.29, 0.717) is 0 Å². The number of hydrogen-bond acceptors (Lipinski definition) is 6. The fourth-order valence-electron chi connectivity index (χ4n) is 2.27. The average Bonchev–Trinajstić information content (AvgIpc) is 2.47. The highest BCUT2D eigenvalue weighted by atomic mass is 35.5. The zero-order valence-electron chi connectivity index (χ0n) is 11.3. The molecule has 0 atom stereocenters. The number of hydrogen-bond donors (Lipinski definition) is 0. The molecule has 22 heavy (non-hydrogen) atoms. The topological polar surface area (TPSA) is 121 Å². The molecule has 1 heterocycles. The van der Waals surface area contributed by atoms with Gasteiger partial charge in [-0.15, -0.1) is 0 Å². The van der Waals surface area contributed by atoms with Crippen LogP contribution in [0.15, 0.2) is 23.1 Å². The summed E-state index contributed by atoms with van der Waals surface area (Å²) in [6.07, 6.45) is 0.300. The number of carbonyl (C=O) groups excluding carboxylic acids is 1. The summed E-state index contributed by atoms with van der Waals surface area (Å²) in [7, 11) is -3.93. The van der Waals surface area contributed by atoms with E-state index in [4.69, 9.17) is 11.6 Å². The fourth-order valence-corrected chi connectivity index (χ4v) is 3.95. The molecule has 0 aliphatic carbocycles. The van der Waals surface area contributed by atoms with Gasteiger partial charge in [0.2, 0.25) is 10.0 Å². The molecule has 10 heteroatoms. The van der Waals surface area contributed by atoms with Crippen LogP contribution in [-0.2, 0) is 14.8 Å². The van der Waals surface area contributed by atoms with Crippen LogP contribution in [0.4, 0.5) is 5.69 Å². The lowest BCUT2D eigenvalue weighted by Crippen LogP contribution is -2.43. The number of nitro groups is 1. The Labute approximate surface area is 131 Å². The highest BCUT2D eigenvalue weighted by Gasteiger charge is 2.31. The van der Waals surface area contributed by atoms with Gasteiger partial charge in [0.1, 0.15) is 5.02 Å². The maximum atomic E-state index is 12.4. The molecule has 0 spiro atoms. The second kappa shape index (κ2) is 6.19. The minimum atomic E-state index is -3.93. The molecule has 0 radical (unpaired) electrons. The molecule has 8 nitrogen and oxygen atoms in total. The second-order valence-corrected chi connectivity index (χ2v) is 7.21. The van der Waals surface area contributed by atoms with Crippen molar-refractivity contribution in [1.82, 2.24) is 4.31 Å². The number of halogens is 1. The minimum absolute atomic E-state index is 0.0252. The first-order chi connectivity index (χ1) is 10.2. The van der Waals surface area contributed by atoms with Crippen LogP contribution in [0.3, 0.4) is 0 Å². The fraction of sp³-hybridized carbons (Fsp3) is 0.417. The van der Waals surface area contributed by atoms with E-state index in [9.17, 15) is 28.4 Å². The third-order valence-electron chi connectivity index (χ3n) is 3.54. The summed E-state index contributed by atoms with van der Waals surface area (Å²) in [5.41, 5.74) is -0.493. The number of benzene rings is 1. The Morgan fingerprint density at radius 3 is 2.41 bits per heavy atom. The molecular weight excluding hydrogens is 336 g/mol. The van der Waals surface area contributed by atoms with E-state index >= 15 is 0 Å². The summed E-state index contributed by atoms with van der Waals surface area (Å²) in [6.45, 7) is 0.0504. The van der Waals surface area contributed by atoms with Gasteiger partial charge in [-0.25, -0.2) is 8.42 Å². The van der Waals surface area contributed by atoms with E-state index in [1.54, 1.807) is 0 Å². The van der Waals surface area contributed by atoms with Gasteiger partial charge in [0.15, 0.2) is 0 Å². The van der Waals surface area contributed by atoms with Crippen molar-refractivity contribution in [2.24, 2.45) is 5.92 Å². The monoisotopic (exact) mass is 347 g/mol. The molecule has 1 aromatic carbocycles. The molecule has 1 aliphatic heterocycles. The summed E-state index contributed by atoms with van der Waals surface area (Å²) >= 11 is 5.66. The zero-order valence-corrected chi connectivity index (χ0v) is 12.8. The predicted molar refractivity (Wildman–Crippen MR) is 74.6 cm³/mol. The predicted octanol–water partition coefficient (Wildman–Crippen LogP) is 0.399. The number of carbonyl (C=O) groups is 1. The maximum absolute atomic E-state index is 12.4. The van der Waals surface area contributed by atoms with Crippen molar-refractivity contribution in [1.29, 1.82) is 0 Å². The van der Waals surface area contributed by atoms with Gasteiger partial charge in [0.25, 0.3) is 5.69 Å². The quantitative estimate of drug-likeness (QED) is 0.574. The van der Waals surface area contributed by atoms with Crippen molar-refractivity contribution in [3.05, 3.63) is 33.3 Å². The van der Waals surface area contributed by atoms with Gasteiger partial charge >= 0.3 is 0 Å². The molecule has 1 saturated heterocycles. The Kier molecular flexibility index (Phi) is 4.69. The van der Waals surface area contributed by atoms with Gasteiger partial charge < -0.3 is 9.90 Å². The van der Waals surface area contributed by atoms with Crippen LogP contribution in [-0.4, -0.2) is 36.7 Å². The molecule has 2 rings (SSSR count). The van der Waals surface area contributed by atoms with Crippen molar-refractivity contribution in [2.45, 2.75) is 17.7 Å². The maximum Gasteiger partial charge on any atom is 0.289 e. The van der Waals surface area contributed by atoms with E-state index < -0.39 is 32.5 Å². The van der Waals surface area contributed by atoms with Crippen molar-refractivity contribution in [3.63, 3.8) is 0 Å². The minimum Gasteiger partial charge on any atom is -0.550 e. The van der Waals surface area contributed by atoms with Crippen LogP contribution >= 0.6 is 11.6 Å². The number of carboxylic acids is 1.